The number of carbonyl (C=O) groups is 1. The molecule has 1 saturated carbocycles. The van der Waals surface area contributed by atoms with Crippen molar-refractivity contribution in [3.8, 4) is 0 Å². The van der Waals surface area contributed by atoms with Gasteiger partial charge in [-0.05, 0) is 84.0 Å². The zero-order valence-corrected chi connectivity index (χ0v) is 13.4. The molecule has 0 spiro atoms. The Hall–Kier alpha value is -1.74. The fourth-order valence-corrected chi connectivity index (χ4v) is 4.53. The van der Waals surface area contributed by atoms with Crippen molar-refractivity contribution >= 4 is 33.3 Å². The second kappa shape index (κ2) is 5.72. The molecule has 1 aromatic carbocycles. The van der Waals surface area contributed by atoms with Gasteiger partial charge in [-0.25, -0.2) is 4.39 Å². The van der Waals surface area contributed by atoms with Crippen molar-refractivity contribution in [2.75, 3.05) is 0 Å². The maximum Gasteiger partial charge on any atom is 0.221 e. The first-order valence-corrected chi connectivity index (χ1v) is 8.41. The van der Waals surface area contributed by atoms with Crippen LogP contribution in [0.25, 0.3) is 16.5 Å². The summed E-state index contributed by atoms with van der Waals surface area (Å²) in [7, 11) is 0. The topological polar surface area (TPSA) is 30.0 Å². The molecule has 0 amide bonds. The van der Waals surface area contributed by atoms with Crippen LogP contribution in [0.3, 0.4) is 0 Å². The lowest BCUT2D eigenvalue weighted by molar-refractivity contribution is -0.112. The molecule has 2 aromatic rings. The molecule has 1 heterocycles. The Labute approximate surface area is 139 Å². The predicted molar refractivity (Wildman–Crippen MR) is 89.5 cm³/mol. The van der Waals surface area contributed by atoms with Gasteiger partial charge in [0.15, 0.2) is 0 Å². The van der Waals surface area contributed by atoms with Gasteiger partial charge < -0.3 is 0 Å². The summed E-state index contributed by atoms with van der Waals surface area (Å²) in [4.78, 5) is 15.4. The van der Waals surface area contributed by atoms with E-state index in [1.165, 1.54) is 11.6 Å². The Kier molecular flexibility index (Phi) is 3.68. The van der Waals surface area contributed by atoms with Crippen molar-refractivity contribution in [3.63, 3.8) is 0 Å². The van der Waals surface area contributed by atoms with E-state index in [1.807, 2.05) is 6.07 Å². The predicted octanol–water partition coefficient (Wildman–Crippen LogP) is 4.96. The van der Waals surface area contributed by atoms with E-state index in [-0.39, 0.29) is 11.1 Å². The maximum atomic E-state index is 13.6. The van der Waals surface area contributed by atoms with Gasteiger partial charge in [-0.15, -0.1) is 0 Å². The summed E-state index contributed by atoms with van der Waals surface area (Å²) in [5.74, 6) is 1.29. The molecule has 1 aromatic heterocycles. The Morgan fingerprint density at radius 2 is 2.17 bits per heavy atom. The van der Waals surface area contributed by atoms with E-state index < -0.39 is 0 Å². The third-order valence-electron chi connectivity index (χ3n) is 5.24. The van der Waals surface area contributed by atoms with Gasteiger partial charge in [0.1, 0.15) is 5.82 Å². The number of halogens is 2. The standard InChI is InChI=1S/C19H17ClFNO/c20-19(23)7-11-5-12-8-14(9-13(12)6-11)16-3-4-22-18-2-1-15(21)10-17(16)18/h1-4,8,10-13H,5-7,9H2/t11?,12-,13+/m0/s1. The Bertz CT molecular complexity index is 816. The minimum Gasteiger partial charge on any atom is -0.281 e. The molecule has 3 atom stereocenters. The van der Waals surface area contributed by atoms with Crippen molar-refractivity contribution in [2.24, 2.45) is 17.8 Å². The van der Waals surface area contributed by atoms with E-state index in [0.29, 0.717) is 24.2 Å². The van der Waals surface area contributed by atoms with Gasteiger partial charge in [0.25, 0.3) is 0 Å². The fraction of sp³-hybridized carbons (Fsp3) is 0.368. The summed E-state index contributed by atoms with van der Waals surface area (Å²) < 4.78 is 13.6. The van der Waals surface area contributed by atoms with Crippen LogP contribution in [0, 0.1) is 23.6 Å². The van der Waals surface area contributed by atoms with Gasteiger partial charge in [0, 0.05) is 18.0 Å². The summed E-state index contributed by atoms with van der Waals surface area (Å²) in [6.07, 6.45) is 7.68. The molecule has 2 nitrogen and oxygen atoms in total. The van der Waals surface area contributed by atoms with Gasteiger partial charge >= 0.3 is 0 Å². The second-order valence-electron chi connectivity index (χ2n) is 6.74. The second-order valence-corrected chi connectivity index (χ2v) is 7.16. The van der Waals surface area contributed by atoms with E-state index in [2.05, 4.69) is 11.1 Å². The highest BCUT2D eigenvalue weighted by atomic mass is 35.5. The summed E-state index contributed by atoms with van der Waals surface area (Å²) >= 11 is 5.52. The van der Waals surface area contributed by atoms with Crippen LogP contribution in [0.4, 0.5) is 4.39 Å². The van der Waals surface area contributed by atoms with Crippen LogP contribution in [0.1, 0.15) is 31.2 Å². The minimum absolute atomic E-state index is 0.227. The minimum atomic E-state index is -0.230. The Morgan fingerprint density at radius 3 is 2.96 bits per heavy atom. The van der Waals surface area contributed by atoms with Crippen LogP contribution in [0.5, 0.6) is 0 Å². The first kappa shape index (κ1) is 14.8. The number of fused-ring (bicyclic) bond motifs is 2. The average Bonchev–Trinajstić information content (AvgIpc) is 3.04. The third-order valence-corrected chi connectivity index (χ3v) is 5.40. The number of hydrogen-bond acceptors (Lipinski definition) is 2. The lowest BCUT2D eigenvalue weighted by Crippen LogP contribution is -2.01. The van der Waals surface area contributed by atoms with Crippen molar-refractivity contribution in [2.45, 2.75) is 25.7 Å². The largest absolute Gasteiger partial charge is 0.281 e. The highest BCUT2D eigenvalue weighted by molar-refractivity contribution is 6.63. The van der Waals surface area contributed by atoms with Gasteiger partial charge in [-0.1, -0.05) is 6.08 Å². The Morgan fingerprint density at radius 1 is 1.30 bits per heavy atom. The van der Waals surface area contributed by atoms with E-state index in [9.17, 15) is 9.18 Å². The molecule has 2 aliphatic carbocycles. The molecular formula is C19H17ClFNO. The summed E-state index contributed by atoms with van der Waals surface area (Å²) in [5.41, 5.74) is 3.20. The number of allylic oxidation sites excluding steroid dienone is 2. The molecule has 1 unspecified atom stereocenters. The van der Waals surface area contributed by atoms with Crippen LogP contribution in [0.2, 0.25) is 0 Å². The number of aromatic nitrogens is 1. The molecule has 0 aliphatic heterocycles. The van der Waals surface area contributed by atoms with Crippen LogP contribution in [0.15, 0.2) is 36.5 Å². The van der Waals surface area contributed by atoms with Crippen LogP contribution in [-0.2, 0) is 4.79 Å². The summed E-state index contributed by atoms with van der Waals surface area (Å²) in [6.45, 7) is 0. The lowest BCUT2D eigenvalue weighted by Gasteiger charge is -2.11. The van der Waals surface area contributed by atoms with Gasteiger partial charge in [0.05, 0.1) is 5.52 Å². The molecule has 0 saturated heterocycles. The molecule has 4 rings (SSSR count). The van der Waals surface area contributed by atoms with E-state index >= 15 is 0 Å². The molecule has 0 radical (unpaired) electrons. The van der Waals surface area contributed by atoms with Crippen LogP contribution >= 0.6 is 11.6 Å². The molecule has 1 fully saturated rings. The summed E-state index contributed by atoms with van der Waals surface area (Å²) in [6, 6.07) is 6.73. The molecular weight excluding hydrogens is 313 g/mol. The van der Waals surface area contributed by atoms with E-state index in [1.54, 1.807) is 18.3 Å². The molecule has 23 heavy (non-hydrogen) atoms. The molecule has 0 N–H and O–H groups in total. The molecule has 4 heteroatoms. The van der Waals surface area contributed by atoms with Crippen molar-refractivity contribution in [1.82, 2.24) is 4.98 Å². The van der Waals surface area contributed by atoms with Crippen LogP contribution in [-0.4, -0.2) is 10.2 Å². The van der Waals surface area contributed by atoms with Gasteiger partial charge in [-0.2, -0.15) is 0 Å². The highest BCUT2D eigenvalue weighted by Crippen LogP contribution is 2.49. The quantitative estimate of drug-likeness (QED) is 0.745. The maximum absolute atomic E-state index is 13.6. The molecule has 2 aliphatic rings. The van der Waals surface area contributed by atoms with Crippen LogP contribution < -0.4 is 0 Å². The van der Waals surface area contributed by atoms with Gasteiger partial charge in [-0.3, -0.25) is 9.78 Å². The number of nitrogens with zero attached hydrogens (tertiary/aromatic N) is 1. The fourth-order valence-electron chi connectivity index (χ4n) is 4.32. The smallest absolute Gasteiger partial charge is 0.221 e. The third kappa shape index (κ3) is 2.78. The summed E-state index contributed by atoms with van der Waals surface area (Å²) in [5, 5.41) is 0.654. The number of pyridine rings is 1. The number of hydrogen-bond donors (Lipinski definition) is 0. The molecule has 118 valence electrons. The number of carbonyl (C=O) groups excluding carboxylic acids is 1. The number of rotatable bonds is 3. The zero-order chi connectivity index (χ0) is 16.0. The van der Waals surface area contributed by atoms with Gasteiger partial charge in [0.2, 0.25) is 5.24 Å². The van der Waals surface area contributed by atoms with Crippen molar-refractivity contribution < 1.29 is 9.18 Å². The first-order valence-electron chi connectivity index (χ1n) is 8.04. The Balaban J connectivity index is 1.64. The first-order chi connectivity index (χ1) is 11.1. The monoisotopic (exact) mass is 329 g/mol. The average molecular weight is 330 g/mol. The SMILES string of the molecule is O=C(Cl)CC1C[C@@H]2CC(c3ccnc4ccc(F)cc34)=C[C@@H]2C1. The lowest BCUT2D eigenvalue weighted by atomic mass is 9.94. The van der Waals surface area contributed by atoms with E-state index in [0.717, 1.165) is 35.7 Å². The van der Waals surface area contributed by atoms with Crippen molar-refractivity contribution in [1.29, 1.82) is 0 Å². The normalized spacial score (nSPS) is 26.3. The van der Waals surface area contributed by atoms with E-state index in [4.69, 9.17) is 11.6 Å². The highest BCUT2D eigenvalue weighted by Gasteiger charge is 2.38. The van der Waals surface area contributed by atoms with Crippen molar-refractivity contribution in [3.05, 3.63) is 47.9 Å². The number of benzene rings is 1. The molecule has 0 bridgehead atoms. The zero-order valence-electron chi connectivity index (χ0n) is 12.6.